The number of carbonyl (C=O) groups is 1. The van der Waals surface area contributed by atoms with Crippen LogP contribution in [-0.4, -0.2) is 101 Å². The van der Waals surface area contributed by atoms with Crippen LogP contribution in [0.15, 0.2) is 18.5 Å². The highest BCUT2D eigenvalue weighted by Crippen LogP contribution is 2.55. The Bertz CT molecular complexity index is 1600. The number of pyridine rings is 1. The number of nitrogens with one attached hydrogen (secondary N) is 2. The predicted molar refractivity (Wildman–Crippen MR) is 132 cm³/mol. The number of halogens is 9. The van der Waals surface area contributed by atoms with Crippen LogP contribution in [0.4, 0.5) is 55.8 Å². The largest absolute Gasteiger partial charge is 0.420 e. The Hall–Kier alpha value is -3.81. The lowest BCUT2D eigenvalue weighted by molar-refractivity contribution is -0.277. The molecule has 1 spiro atoms. The zero-order valence-electron chi connectivity index (χ0n) is 22.3. The Labute approximate surface area is 240 Å². The van der Waals surface area contributed by atoms with Gasteiger partial charge in [-0.25, -0.2) is 4.79 Å². The van der Waals surface area contributed by atoms with Crippen molar-refractivity contribution in [1.82, 2.24) is 29.9 Å². The molecule has 1 atom stereocenters. The van der Waals surface area contributed by atoms with Crippen LogP contribution < -0.4 is 10.2 Å². The van der Waals surface area contributed by atoms with E-state index in [0.29, 0.717) is 4.68 Å². The number of carbonyl (C=O) groups excluding carboxylic acids is 1. The monoisotopic (exact) mass is 642 g/mol. The second-order valence-electron chi connectivity index (χ2n) is 11.5. The summed E-state index contributed by atoms with van der Waals surface area (Å²) in [5.74, 6) is -0.256. The van der Waals surface area contributed by atoms with Crippen LogP contribution in [0, 0.1) is 0 Å². The number of hydrogen-bond acceptors (Lipinski definition) is 7. The molecule has 2 amide bonds. The van der Waals surface area contributed by atoms with Gasteiger partial charge < -0.3 is 25.3 Å². The summed E-state index contributed by atoms with van der Waals surface area (Å²) in [5.41, 5.74) is -7.37. The molecule has 6 rings (SSSR count). The number of aromatic nitrogens is 5. The van der Waals surface area contributed by atoms with E-state index in [1.807, 2.05) is 0 Å². The summed E-state index contributed by atoms with van der Waals surface area (Å²) in [7, 11) is 0. The van der Waals surface area contributed by atoms with Gasteiger partial charge in [0.25, 0.3) is 0 Å². The minimum absolute atomic E-state index is 0.00518. The van der Waals surface area contributed by atoms with Crippen LogP contribution in [0.2, 0.25) is 0 Å². The Kier molecular flexibility index (Phi) is 6.42. The molecule has 1 unspecified atom stereocenters. The Morgan fingerprint density at radius 2 is 1.64 bits per heavy atom. The molecular weight excluding hydrogens is 619 g/mol. The van der Waals surface area contributed by atoms with Crippen molar-refractivity contribution < 1.29 is 54.5 Å². The Morgan fingerprint density at radius 3 is 2.23 bits per heavy atom. The van der Waals surface area contributed by atoms with Crippen molar-refractivity contribution in [3.8, 4) is 11.4 Å². The van der Waals surface area contributed by atoms with E-state index in [2.05, 4.69) is 25.6 Å². The quantitative estimate of drug-likeness (QED) is 0.317. The second-order valence-corrected chi connectivity index (χ2v) is 11.5. The van der Waals surface area contributed by atoms with Crippen LogP contribution in [0.1, 0.15) is 25.7 Å². The van der Waals surface area contributed by atoms with Crippen molar-refractivity contribution in [3.05, 3.63) is 18.5 Å². The number of H-pyrrole nitrogens is 1. The standard InChI is InChI=1S/C24H23F9N8O3/c25-22(26,27)11-41-15-5-13(34-6-12(15)17(38-41)39-9-21(44,10-39)24(31,32)33)16-14(7-35-37-16)36-18(42)40-4-3-20(43,23(28,29)30)8-19(40)1-2-19/h5-7,43-44H,1-4,8-11H2,(H,35,37)(H,36,42). The molecule has 4 N–H and O–H groups in total. The summed E-state index contributed by atoms with van der Waals surface area (Å²) in [5, 5.41) is 32.7. The fraction of sp³-hybridized carbons (Fsp3) is 0.583. The van der Waals surface area contributed by atoms with Gasteiger partial charge in [0.1, 0.15) is 12.2 Å². The second kappa shape index (κ2) is 9.35. The number of alkyl halides is 9. The lowest BCUT2D eigenvalue weighted by atomic mass is 9.84. The van der Waals surface area contributed by atoms with Crippen molar-refractivity contribution in [3.63, 3.8) is 0 Å². The predicted octanol–water partition coefficient (Wildman–Crippen LogP) is 3.95. The maximum Gasteiger partial charge on any atom is 0.420 e. The Balaban J connectivity index is 1.27. The maximum atomic E-state index is 13.4. The molecule has 240 valence electrons. The number of rotatable bonds is 4. The first-order chi connectivity index (χ1) is 20.2. The first-order valence-corrected chi connectivity index (χ1v) is 13.1. The molecule has 0 bridgehead atoms. The molecular formula is C24H23F9N8O3. The fourth-order valence-corrected chi connectivity index (χ4v) is 5.80. The molecule has 1 saturated carbocycles. The summed E-state index contributed by atoms with van der Waals surface area (Å²) in [6, 6.07) is 0.373. The molecule has 44 heavy (non-hydrogen) atoms. The molecule has 0 radical (unpaired) electrons. The molecule has 3 aliphatic rings. The number of amides is 2. The molecule has 3 aromatic rings. The van der Waals surface area contributed by atoms with Crippen LogP contribution in [0.3, 0.4) is 0 Å². The van der Waals surface area contributed by atoms with Gasteiger partial charge in [0, 0.05) is 31.1 Å². The summed E-state index contributed by atoms with van der Waals surface area (Å²) in [6.45, 7) is -3.90. The van der Waals surface area contributed by atoms with E-state index in [1.54, 1.807) is 0 Å². The molecule has 3 fully saturated rings. The first-order valence-electron chi connectivity index (χ1n) is 13.1. The van der Waals surface area contributed by atoms with Gasteiger partial charge in [-0.3, -0.25) is 14.8 Å². The summed E-state index contributed by atoms with van der Waals surface area (Å²) in [4.78, 5) is 19.5. The van der Waals surface area contributed by atoms with Crippen LogP contribution >= 0.6 is 0 Å². The fourth-order valence-electron chi connectivity index (χ4n) is 5.80. The zero-order valence-corrected chi connectivity index (χ0v) is 22.3. The Morgan fingerprint density at radius 1 is 0.977 bits per heavy atom. The molecule has 0 aromatic carbocycles. The van der Waals surface area contributed by atoms with Crippen LogP contribution in [-0.2, 0) is 6.54 Å². The third-order valence-electron chi connectivity index (χ3n) is 8.36. The van der Waals surface area contributed by atoms with Crippen molar-refractivity contribution >= 4 is 28.4 Å². The highest BCUT2D eigenvalue weighted by atomic mass is 19.4. The van der Waals surface area contributed by atoms with Gasteiger partial charge in [-0.1, -0.05) is 0 Å². The minimum Gasteiger partial charge on any atom is -0.380 e. The number of fused-ring (bicyclic) bond motifs is 1. The van der Waals surface area contributed by atoms with Gasteiger partial charge in [-0.15, -0.1) is 0 Å². The molecule has 3 aromatic heterocycles. The average Bonchev–Trinajstić information content (AvgIpc) is 3.31. The summed E-state index contributed by atoms with van der Waals surface area (Å²) < 4.78 is 120. The van der Waals surface area contributed by atoms with E-state index in [1.165, 1.54) is 4.90 Å². The molecule has 1 aliphatic carbocycles. The SMILES string of the molecule is O=C(Nc1cn[nH]c1-c1cc2c(cn1)c(N1CC(O)(C(F)(F)F)C1)nn2CC(F)(F)F)N1CCC(O)(C(F)(F)F)CC12CC2. The molecule has 11 nitrogen and oxygen atoms in total. The van der Waals surface area contributed by atoms with Crippen molar-refractivity contribution in [2.75, 3.05) is 29.9 Å². The van der Waals surface area contributed by atoms with Gasteiger partial charge in [0.2, 0.25) is 0 Å². The minimum atomic E-state index is -4.96. The van der Waals surface area contributed by atoms with E-state index in [4.69, 9.17) is 0 Å². The van der Waals surface area contributed by atoms with Crippen molar-refractivity contribution in [2.24, 2.45) is 0 Å². The molecule has 20 heteroatoms. The number of anilines is 2. The van der Waals surface area contributed by atoms with E-state index in [0.717, 1.165) is 23.4 Å². The number of aliphatic hydroxyl groups is 2. The van der Waals surface area contributed by atoms with Gasteiger partial charge in [0.15, 0.2) is 17.0 Å². The third kappa shape index (κ3) is 4.96. The number of piperidine rings is 1. The molecule has 2 saturated heterocycles. The van der Waals surface area contributed by atoms with E-state index in [9.17, 15) is 54.5 Å². The third-order valence-corrected chi connectivity index (χ3v) is 8.36. The lowest BCUT2D eigenvalue weighted by Gasteiger charge is -2.47. The van der Waals surface area contributed by atoms with Crippen molar-refractivity contribution in [1.29, 1.82) is 0 Å². The van der Waals surface area contributed by atoms with Crippen molar-refractivity contribution in [2.45, 2.75) is 67.5 Å². The maximum absolute atomic E-state index is 13.4. The lowest BCUT2D eigenvalue weighted by Crippen LogP contribution is -2.69. The van der Waals surface area contributed by atoms with Gasteiger partial charge in [-0.2, -0.15) is 49.7 Å². The highest BCUT2D eigenvalue weighted by molar-refractivity contribution is 5.96. The van der Waals surface area contributed by atoms with E-state index < -0.39 is 80.3 Å². The molecule has 5 heterocycles. The number of nitrogens with zero attached hydrogens (tertiary/aromatic N) is 6. The van der Waals surface area contributed by atoms with Gasteiger partial charge >= 0.3 is 24.6 Å². The summed E-state index contributed by atoms with van der Waals surface area (Å²) in [6.07, 6.45) is -13.3. The van der Waals surface area contributed by atoms with E-state index >= 15 is 0 Å². The number of β-amino-alcohol motifs (C(OH)–C–C–N with tert-alkyl or cyclic N) is 1. The topological polar surface area (TPSA) is 135 Å². The number of aromatic amines is 1. The smallest absolute Gasteiger partial charge is 0.380 e. The van der Waals surface area contributed by atoms with Crippen LogP contribution in [0.25, 0.3) is 22.3 Å². The van der Waals surface area contributed by atoms with E-state index in [-0.39, 0.29) is 46.6 Å². The number of hydrogen-bond donors (Lipinski definition) is 4. The number of likely N-dealkylation sites (tertiary alicyclic amines) is 1. The normalized spacial score (nSPS) is 23.2. The van der Waals surface area contributed by atoms with Gasteiger partial charge in [-0.05, 0) is 18.9 Å². The number of urea groups is 1. The van der Waals surface area contributed by atoms with Gasteiger partial charge in [0.05, 0.1) is 41.6 Å². The first kappa shape index (κ1) is 30.2. The molecule has 2 aliphatic heterocycles. The summed E-state index contributed by atoms with van der Waals surface area (Å²) >= 11 is 0. The highest BCUT2D eigenvalue weighted by Gasteiger charge is 2.65. The average molecular weight is 642 g/mol. The zero-order chi connectivity index (χ0) is 32.1. The van der Waals surface area contributed by atoms with Crippen LogP contribution in [0.5, 0.6) is 0 Å².